The second-order valence-corrected chi connectivity index (χ2v) is 5.85. The van der Waals surface area contributed by atoms with E-state index in [0.717, 1.165) is 45.1 Å². The fourth-order valence-corrected chi connectivity index (χ4v) is 2.73. The Bertz CT molecular complexity index is 371. The maximum atomic E-state index is 5.31. The van der Waals surface area contributed by atoms with Gasteiger partial charge in [0, 0.05) is 38.2 Å². The van der Waals surface area contributed by atoms with Crippen molar-refractivity contribution in [2.24, 2.45) is 10.9 Å². The average Bonchev–Trinajstić information content (AvgIpc) is 2.94. The summed E-state index contributed by atoms with van der Waals surface area (Å²) in [5.74, 6) is 1.47. The quantitative estimate of drug-likeness (QED) is 0.277. The van der Waals surface area contributed by atoms with Gasteiger partial charge in [0.15, 0.2) is 5.96 Å². The second-order valence-electron chi connectivity index (χ2n) is 4.82. The molecule has 0 aliphatic rings. The van der Waals surface area contributed by atoms with Crippen molar-refractivity contribution >= 4 is 41.3 Å². The number of rotatable bonds is 9. The Morgan fingerprint density at radius 1 is 1.43 bits per heavy atom. The molecule has 0 aromatic carbocycles. The van der Waals surface area contributed by atoms with Gasteiger partial charge in [-0.2, -0.15) is 0 Å². The van der Waals surface area contributed by atoms with Gasteiger partial charge in [-0.3, -0.25) is 4.99 Å². The Balaban J connectivity index is 0.00000400. The van der Waals surface area contributed by atoms with Crippen LogP contribution in [-0.4, -0.2) is 39.3 Å². The number of nitrogens with zero attached hydrogens (tertiary/aromatic N) is 1. The van der Waals surface area contributed by atoms with Crippen molar-refractivity contribution in [3.8, 4) is 0 Å². The molecule has 6 heteroatoms. The maximum absolute atomic E-state index is 5.31. The van der Waals surface area contributed by atoms with Crippen LogP contribution >= 0.6 is 35.3 Å². The minimum atomic E-state index is 0. The molecule has 0 aliphatic heterocycles. The molecule has 4 nitrogen and oxygen atoms in total. The lowest BCUT2D eigenvalue weighted by Gasteiger charge is -2.15. The Hall–Kier alpha value is -0.340. The number of hydrogen-bond acceptors (Lipinski definition) is 3. The zero-order valence-electron chi connectivity index (χ0n) is 13.2. The number of nitrogens with one attached hydrogen (secondary N) is 2. The van der Waals surface area contributed by atoms with E-state index in [1.807, 2.05) is 25.3 Å². The molecule has 0 radical (unpaired) electrons. The summed E-state index contributed by atoms with van der Waals surface area (Å²) in [5.41, 5.74) is 0. The molecule has 0 saturated heterocycles. The minimum absolute atomic E-state index is 0. The molecule has 0 amide bonds. The Morgan fingerprint density at radius 3 is 2.86 bits per heavy atom. The van der Waals surface area contributed by atoms with Gasteiger partial charge in [-0.1, -0.05) is 13.0 Å². The van der Waals surface area contributed by atoms with Gasteiger partial charge in [-0.05, 0) is 37.1 Å². The molecular formula is C15H28IN3OS. The van der Waals surface area contributed by atoms with Crippen LogP contribution in [0, 0.1) is 5.92 Å². The highest BCUT2D eigenvalue weighted by Crippen LogP contribution is 2.13. The van der Waals surface area contributed by atoms with E-state index in [2.05, 4.69) is 40.1 Å². The number of thiophene rings is 1. The molecule has 1 unspecified atom stereocenters. The van der Waals surface area contributed by atoms with Gasteiger partial charge >= 0.3 is 0 Å². The molecule has 1 rings (SSSR count). The predicted molar refractivity (Wildman–Crippen MR) is 103 cm³/mol. The molecule has 0 spiro atoms. The summed E-state index contributed by atoms with van der Waals surface area (Å²) in [6.07, 6.45) is 2.12. The zero-order chi connectivity index (χ0) is 14.6. The van der Waals surface area contributed by atoms with Crippen LogP contribution in [0.25, 0.3) is 0 Å². The predicted octanol–water partition coefficient (Wildman–Crippen LogP) is 3.14. The maximum Gasteiger partial charge on any atom is 0.190 e. The molecule has 1 aromatic heterocycles. The first-order valence-corrected chi connectivity index (χ1v) is 8.18. The van der Waals surface area contributed by atoms with Gasteiger partial charge in [0.1, 0.15) is 0 Å². The molecule has 0 bridgehead atoms. The number of aliphatic imine (C=N–C) groups is 1. The minimum Gasteiger partial charge on any atom is -0.382 e. The van der Waals surface area contributed by atoms with E-state index in [0.29, 0.717) is 5.92 Å². The van der Waals surface area contributed by atoms with Crippen molar-refractivity contribution < 1.29 is 4.74 Å². The zero-order valence-corrected chi connectivity index (χ0v) is 16.4. The van der Waals surface area contributed by atoms with Crippen LogP contribution in [-0.2, 0) is 11.2 Å². The smallest absolute Gasteiger partial charge is 0.190 e. The summed E-state index contributed by atoms with van der Waals surface area (Å²) in [6.45, 7) is 7.68. The first kappa shape index (κ1) is 20.7. The number of ether oxygens (including phenoxy) is 1. The van der Waals surface area contributed by atoms with Crippen molar-refractivity contribution in [3.63, 3.8) is 0 Å². The lowest BCUT2D eigenvalue weighted by Crippen LogP contribution is -2.40. The van der Waals surface area contributed by atoms with Gasteiger partial charge in [-0.25, -0.2) is 0 Å². The van der Waals surface area contributed by atoms with Gasteiger partial charge in [-0.15, -0.1) is 35.3 Å². The summed E-state index contributed by atoms with van der Waals surface area (Å²) in [6, 6.07) is 4.31. The topological polar surface area (TPSA) is 45.6 Å². The Morgan fingerprint density at radius 2 is 2.24 bits per heavy atom. The fraction of sp³-hybridized carbons (Fsp3) is 0.667. The molecule has 0 fully saturated rings. The third kappa shape index (κ3) is 10.1. The van der Waals surface area contributed by atoms with Crippen LogP contribution in [0.1, 0.15) is 25.1 Å². The normalized spacial score (nSPS) is 12.6. The third-order valence-corrected chi connectivity index (χ3v) is 3.83. The lowest BCUT2D eigenvalue weighted by molar-refractivity contribution is 0.145. The highest BCUT2D eigenvalue weighted by atomic mass is 127. The van der Waals surface area contributed by atoms with Crippen molar-refractivity contribution in [2.45, 2.75) is 26.7 Å². The summed E-state index contributed by atoms with van der Waals surface area (Å²) >= 11 is 1.83. The number of guanidine groups is 1. The van der Waals surface area contributed by atoms with Crippen LogP contribution < -0.4 is 10.6 Å². The Labute approximate surface area is 149 Å². The molecule has 2 N–H and O–H groups in total. The summed E-state index contributed by atoms with van der Waals surface area (Å²) in [5, 5.41) is 8.81. The van der Waals surface area contributed by atoms with Crippen LogP contribution in [0.5, 0.6) is 0 Å². The van der Waals surface area contributed by atoms with E-state index >= 15 is 0 Å². The van der Waals surface area contributed by atoms with E-state index < -0.39 is 0 Å². The molecule has 0 aliphatic carbocycles. The van der Waals surface area contributed by atoms with Crippen LogP contribution in [0.4, 0.5) is 0 Å². The van der Waals surface area contributed by atoms with Crippen molar-refractivity contribution in [2.75, 3.05) is 33.4 Å². The van der Waals surface area contributed by atoms with E-state index in [4.69, 9.17) is 4.74 Å². The summed E-state index contributed by atoms with van der Waals surface area (Å²) < 4.78 is 5.31. The van der Waals surface area contributed by atoms with Gasteiger partial charge in [0.05, 0.1) is 0 Å². The van der Waals surface area contributed by atoms with Crippen molar-refractivity contribution in [1.29, 1.82) is 0 Å². The molecule has 21 heavy (non-hydrogen) atoms. The first-order chi connectivity index (χ1) is 9.76. The van der Waals surface area contributed by atoms with Gasteiger partial charge in [0.2, 0.25) is 0 Å². The van der Waals surface area contributed by atoms with E-state index in [1.165, 1.54) is 4.88 Å². The highest BCUT2D eigenvalue weighted by molar-refractivity contribution is 14.0. The number of hydrogen-bond donors (Lipinski definition) is 2. The van der Waals surface area contributed by atoms with Crippen molar-refractivity contribution in [3.05, 3.63) is 22.4 Å². The van der Waals surface area contributed by atoms with E-state index in [1.54, 1.807) is 0 Å². The van der Waals surface area contributed by atoms with Crippen LogP contribution in [0.3, 0.4) is 0 Å². The summed E-state index contributed by atoms with van der Waals surface area (Å²) in [4.78, 5) is 5.67. The monoisotopic (exact) mass is 425 g/mol. The molecule has 1 atom stereocenters. The van der Waals surface area contributed by atoms with Crippen LogP contribution in [0.2, 0.25) is 0 Å². The molecule has 0 saturated carbocycles. The van der Waals surface area contributed by atoms with Crippen molar-refractivity contribution in [1.82, 2.24) is 10.6 Å². The first-order valence-electron chi connectivity index (χ1n) is 7.30. The lowest BCUT2D eigenvalue weighted by atomic mass is 10.1. The van der Waals surface area contributed by atoms with E-state index in [-0.39, 0.29) is 24.0 Å². The summed E-state index contributed by atoms with van der Waals surface area (Å²) in [7, 11) is 1.81. The third-order valence-electron chi connectivity index (χ3n) is 2.93. The fourth-order valence-electron chi connectivity index (χ4n) is 1.86. The largest absolute Gasteiger partial charge is 0.382 e. The standard InChI is InChI=1S/C15H27N3OS.HI/c1-4-19-9-6-8-17-15(16-3)18-12-13(2)11-14-7-5-10-20-14;/h5,7,10,13H,4,6,8-9,11-12H2,1-3H3,(H2,16,17,18);1H. The second kappa shape index (κ2) is 13.3. The van der Waals surface area contributed by atoms with E-state index in [9.17, 15) is 0 Å². The van der Waals surface area contributed by atoms with Crippen LogP contribution in [0.15, 0.2) is 22.5 Å². The SMILES string of the molecule is CCOCCCNC(=NC)NCC(C)Cc1cccs1.I. The molecular weight excluding hydrogens is 397 g/mol. The molecule has 122 valence electrons. The van der Waals surface area contributed by atoms with Gasteiger partial charge in [0.25, 0.3) is 0 Å². The highest BCUT2D eigenvalue weighted by Gasteiger charge is 2.05. The average molecular weight is 425 g/mol. The Kier molecular flexibility index (Phi) is 13.1. The number of halogens is 1. The molecule has 1 aromatic rings. The molecule has 1 heterocycles. The van der Waals surface area contributed by atoms with Gasteiger partial charge < -0.3 is 15.4 Å².